The van der Waals surface area contributed by atoms with E-state index in [-0.39, 0.29) is 6.04 Å². The molecule has 0 amide bonds. The summed E-state index contributed by atoms with van der Waals surface area (Å²) in [7, 11) is 0. The summed E-state index contributed by atoms with van der Waals surface area (Å²) >= 11 is 0. The Morgan fingerprint density at radius 1 is 0.806 bits per heavy atom. The maximum atomic E-state index is 6.12. The Bertz CT molecular complexity index is 1230. The van der Waals surface area contributed by atoms with E-state index in [4.69, 9.17) is 4.42 Å². The van der Waals surface area contributed by atoms with E-state index < -0.39 is 0 Å². The maximum absolute atomic E-state index is 6.12. The molecule has 4 heteroatoms. The van der Waals surface area contributed by atoms with Crippen LogP contribution in [-0.4, -0.2) is 14.8 Å². The number of aryl methyl sites for hydroxylation is 1. The van der Waals surface area contributed by atoms with Crippen molar-refractivity contribution in [2.45, 2.75) is 32.2 Å². The fourth-order valence-corrected chi connectivity index (χ4v) is 4.17. The van der Waals surface area contributed by atoms with Crippen LogP contribution in [0.2, 0.25) is 0 Å². The molecule has 0 saturated carbocycles. The normalized spacial score (nSPS) is 11.4. The first-order chi connectivity index (χ1) is 15.3. The Morgan fingerprint density at radius 2 is 1.45 bits per heavy atom. The zero-order valence-corrected chi connectivity index (χ0v) is 17.6. The number of aromatic nitrogens is 3. The smallest absolute Gasteiger partial charge is 0.264 e. The molecule has 0 bridgehead atoms. The summed E-state index contributed by atoms with van der Waals surface area (Å²) in [5.74, 6) is 1.27. The summed E-state index contributed by atoms with van der Waals surface area (Å²) in [6.45, 7) is 2.17. The maximum Gasteiger partial charge on any atom is 0.264 e. The highest BCUT2D eigenvalue weighted by atomic mass is 16.4. The molecule has 2 heterocycles. The monoisotopic (exact) mass is 407 g/mol. The van der Waals surface area contributed by atoms with E-state index in [1.807, 2.05) is 0 Å². The summed E-state index contributed by atoms with van der Waals surface area (Å²) in [5.41, 5.74) is 4.50. The van der Waals surface area contributed by atoms with E-state index in [2.05, 4.69) is 113 Å². The zero-order chi connectivity index (χ0) is 21.0. The molecule has 4 nitrogen and oxygen atoms in total. The van der Waals surface area contributed by atoms with Crippen LogP contribution in [0.3, 0.4) is 0 Å². The third-order valence-corrected chi connectivity index (χ3v) is 5.67. The standard InChI is InChI=1S/C27H25N3O/c1-2-3-18-25-28-29-27(31-25)24-19-22-16-10-11-17-23(22)30(24)26(20-12-6-4-7-13-20)21-14-8-5-9-15-21/h4-17,19,26H,2-3,18H2,1H3. The van der Waals surface area contributed by atoms with Crippen LogP contribution in [-0.2, 0) is 6.42 Å². The Kier molecular flexibility index (Phi) is 5.36. The van der Waals surface area contributed by atoms with Crippen LogP contribution >= 0.6 is 0 Å². The quantitative estimate of drug-likeness (QED) is 0.302. The van der Waals surface area contributed by atoms with Gasteiger partial charge in [-0.3, -0.25) is 0 Å². The van der Waals surface area contributed by atoms with Crippen molar-refractivity contribution >= 4 is 10.9 Å². The number of unbranched alkanes of at least 4 members (excludes halogenated alkanes) is 1. The molecule has 31 heavy (non-hydrogen) atoms. The van der Waals surface area contributed by atoms with Gasteiger partial charge in [-0.1, -0.05) is 92.2 Å². The van der Waals surface area contributed by atoms with Crippen molar-refractivity contribution < 1.29 is 4.42 Å². The van der Waals surface area contributed by atoms with Gasteiger partial charge in [-0.25, -0.2) is 0 Å². The highest BCUT2D eigenvalue weighted by Crippen LogP contribution is 2.37. The molecule has 154 valence electrons. The first-order valence-corrected chi connectivity index (χ1v) is 10.9. The summed E-state index contributed by atoms with van der Waals surface area (Å²) in [6.07, 6.45) is 2.95. The molecule has 0 unspecified atom stereocenters. The van der Waals surface area contributed by atoms with Crippen molar-refractivity contribution in [1.82, 2.24) is 14.8 Å². The highest BCUT2D eigenvalue weighted by Gasteiger charge is 2.24. The number of para-hydroxylation sites is 1. The van der Waals surface area contributed by atoms with Gasteiger partial charge in [0.1, 0.15) is 5.69 Å². The van der Waals surface area contributed by atoms with E-state index in [1.54, 1.807) is 0 Å². The minimum atomic E-state index is -0.0108. The predicted molar refractivity (Wildman–Crippen MR) is 124 cm³/mol. The molecule has 0 spiro atoms. The summed E-state index contributed by atoms with van der Waals surface area (Å²) in [4.78, 5) is 0. The number of benzene rings is 3. The molecular weight excluding hydrogens is 382 g/mol. The Balaban J connectivity index is 1.74. The lowest BCUT2D eigenvalue weighted by Crippen LogP contribution is -2.13. The van der Waals surface area contributed by atoms with Crippen molar-refractivity contribution in [3.63, 3.8) is 0 Å². The van der Waals surface area contributed by atoms with Crippen LogP contribution in [0.25, 0.3) is 22.5 Å². The minimum Gasteiger partial charge on any atom is -0.419 e. The summed E-state index contributed by atoms with van der Waals surface area (Å²) in [5, 5.41) is 9.90. The minimum absolute atomic E-state index is 0.0108. The largest absolute Gasteiger partial charge is 0.419 e. The van der Waals surface area contributed by atoms with E-state index in [1.165, 1.54) is 11.1 Å². The highest BCUT2D eigenvalue weighted by molar-refractivity contribution is 5.86. The number of fused-ring (bicyclic) bond motifs is 1. The van der Waals surface area contributed by atoms with Crippen molar-refractivity contribution in [1.29, 1.82) is 0 Å². The third-order valence-electron chi connectivity index (χ3n) is 5.67. The molecular formula is C27H25N3O. The molecule has 0 fully saturated rings. The van der Waals surface area contributed by atoms with Crippen molar-refractivity contribution in [2.24, 2.45) is 0 Å². The first-order valence-electron chi connectivity index (χ1n) is 10.9. The molecule has 0 aliphatic heterocycles. The SMILES string of the molecule is CCCCc1nnc(-c2cc3ccccc3n2C(c2ccccc2)c2ccccc2)o1. The van der Waals surface area contributed by atoms with E-state index in [0.29, 0.717) is 11.8 Å². The molecule has 0 aliphatic carbocycles. The van der Waals surface area contributed by atoms with Gasteiger partial charge in [0, 0.05) is 17.3 Å². The van der Waals surface area contributed by atoms with Crippen molar-refractivity contribution in [3.05, 3.63) is 108 Å². The number of hydrogen-bond acceptors (Lipinski definition) is 3. The van der Waals surface area contributed by atoms with Crippen LogP contribution in [0, 0.1) is 0 Å². The van der Waals surface area contributed by atoms with Gasteiger partial charge in [-0.2, -0.15) is 0 Å². The lowest BCUT2D eigenvalue weighted by atomic mass is 9.98. The second-order valence-electron chi connectivity index (χ2n) is 7.79. The van der Waals surface area contributed by atoms with Gasteiger partial charge in [0.15, 0.2) is 0 Å². The van der Waals surface area contributed by atoms with Crippen LogP contribution in [0.15, 0.2) is 95.4 Å². The number of hydrogen-bond donors (Lipinski definition) is 0. The second-order valence-corrected chi connectivity index (χ2v) is 7.79. The zero-order valence-electron chi connectivity index (χ0n) is 17.6. The lowest BCUT2D eigenvalue weighted by Gasteiger charge is -2.23. The second kappa shape index (κ2) is 8.60. The van der Waals surface area contributed by atoms with Gasteiger partial charge in [0.05, 0.1) is 6.04 Å². The van der Waals surface area contributed by atoms with Crippen molar-refractivity contribution in [2.75, 3.05) is 0 Å². The Morgan fingerprint density at radius 3 is 2.13 bits per heavy atom. The molecule has 0 N–H and O–H groups in total. The lowest BCUT2D eigenvalue weighted by molar-refractivity contribution is 0.491. The number of nitrogens with zero attached hydrogens (tertiary/aromatic N) is 3. The van der Waals surface area contributed by atoms with E-state index in [0.717, 1.165) is 35.9 Å². The van der Waals surface area contributed by atoms with Gasteiger partial charge in [0.2, 0.25) is 5.89 Å². The van der Waals surface area contributed by atoms with Crippen LogP contribution in [0.1, 0.15) is 42.8 Å². The van der Waals surface area contributed by atoms with Gasteiger partial charge in [0.25, 0.3) is 5.89 Å². The molecule has 2 aromatic heterocycles. The topological polar surface area (TPSA) is 43.9 Å². The van der Waals surface area contributed by atoms with E-state index in [9.17, 15) is 0 Å². The van der Waals surface area contributed by atoms with Gasteiger partial charge in [-0.05, 0) is 29.7 Å². The molecule has 0 radical (unpaired) electrons. The molecule has 0 aliphatic rings. The number of rotatable bonds is 7. The Hall–Kier alpha value is -3.66. The van der Waals surface area contributed by atoms with Crippen molar-refractivity contribution in [3.8, 4) is 11.6 Å². The third kappa shape index (κ3) is 3.77. The summed E-state index contributed by atoms with van der Waals surface area (Å²) in [6, 6.07) is 31.8. The van der Waals surface area contributed by atoms with Gasteiger partial charge < -0.3 is 8.98 Å². The fourth-order valence-electron chi connectivity index (χ4n) is 4.17. The van der Waals surface area contributed by atoms with Gasteiger partial charge in [-0.15, -0.1) is 10.2 Å². The fraction of sp³-hybridized carbons (Fsp3) is 0.185. The molecule has 5 rings (SSSR count). The van der Waals surface area contributed by atoms with Crippen LogP contribution in [0.5, 0.6) is 0 Å². The van der Waals surface area contributed by atoms with E-state index >= 15 is 0 Å². The summed E-state index contributed by atoms with van der Waals surface area (Å²) < 4.78 is 8.45. The van der Waals surface area contributed by atoms with Gasteiger partial charge >= 0.3 is 0 Å². The Labute approximate surface area is 182 Å². The average molecular weight is 408 g/mol. The first kappa shape index (κ1) is 19.3. The average Bonchev–Trinajstić information content (AvgIpc) is 3.44. The molecule has 3 aromatic carbocycles. The van der Waals surface area contributed by atoms with Crippen LogP contribution in [0.4, 0.5) is 0 Å². The molecule has 0 atom stereocenters. The molecule has 5 aromatic rings. The molecule has 0 saturated heterocycles. The van der Waals surface area contributed by atoms with Crippen LogP contribution < -0.4 is 0 Å². The predicted octanol–water partition coefficient (Wildman–Crippen LogP) is 6.67.